The zero-order valence-electron chi connectivity index (χ0n) is 25.6. The van der Waals surface area contributed by atoms with Crippen molar-refractivity contribution in [2.24, 2.45) is 0 Å². The molecule has 2 atom stereocenters. The van der Waals surface area contributed by atoms with Gasteiger partial charge in [-0.15, -0.1) is 0 Å². The fourth-order valence-electron chi connectivity index (χ4n) is 6.41. The number of rotatable bonds is 7. The number of nitrogens with one attached hydrogen (secondary N) is 1. The van der Waals surface area contributed by atoms with Crippen LogP contribution in [0.5, 0.6) is 0 Å². The Morgan fingerprint density at radius 3 is 1.96 bits per heavy atom. The number of amides is 2. The van der Waals surface area contributed by atoms with Crippen LogP contribution in [0.3, 0.4) is 0 Å². The molecule has 2 heterocycles. The third kappa shape index (κ3) is 7.90. The normalized spacial score (nSPS) is 19.8. The number of carbonyl (C=O) groups excluding carboxylic acids is 2. The highest BCUT2D eigenvalue weighted by atomic mass is 19.4. The Bertz CT molecular complexity index is 1500. The van der Waals surface area contributed by atoms with Gasteiger partial charge < -0.3 is 10.2 Å². The average molecular weight is 647 g/mol. The van der Waals surface area contributed by atoms with Crippen LogP contribution in [-0.2, 0) is 23.6 Å². The molecule has 1 N–H and O–H groups in total. The van der Waals surface area contributed by atoms with E-state index in [1.807, 2.05) is 67.3 Å². The van der Waals surface area contributed by atoms with E-state index < -0.39 is 41.0 Å². The van der Waals surface area contributed by atoms with E-state index in [2.05, 4.69) is 10.2 Å². The maximum atomic E-state index is 13.7. The van der Waals surface area contributed by atoms with Crippen molar-refractivity contribution in [1.29, 1.82) is 0 Å². The highest BCUT2D eigenvalue weighted by Gasteiger charge is 2.42. The molecule has 12 heteroatoms. The number of hydrogen-bond donors (Lipinski definition) is 1. The van der Waals surface area contributed by atoms with Crippen LogP contribution in [0, 0.1) is 13.8 Å². The van der Waals surface area contributed by atoms with Gasteiger partial charge in [-0.25, -0.2) is 0 Å². The first-order valence-electron chi connectivity index (χ1n) is 15.2. The molecule has 2 aliphatic rings. The van der Waals surface area contributed by atoms with E-state index in [1.165, 1.54) is 4.90 Å². The molecule has 0 spiro atoms. The summed E-state index contributed by atoms with van der Waals surface area (Å²) in [5.74, 6) is -0.979. The monoisotopic (exact) mass is 646 g/mol. The van der Waals surface area contributed by atoms with Gasteiger partial charge in [0, 0.05) is 56.1 Å². The first-order chi connectivity index (χ1) is 21.7. The van der Waals surface area contributed by atoms with Crippen molar-refractivity contribution < 1.29 is 35.9 Å². The Morgan fingerprint density at radius 2 is 1.39 bits per heavy atom. The van der Waals surface area contributed by atoms with E-state index in [4.69, 9.17) is 0 Å². The predicted molar refractivity (Wildman–Crippen MR) is 162 cm³/mol. The molecule has 0 aliphatic carbocycles. The van der Waals surface area contributed by atoms with Crippen LogP contribution in [0.2, 0.25) is 0 Å². The summed E-state index contributed by atoms with van der Waals surface area (Å²) in [6.07, 6.45) is -9.18. The molecule has 246 valence electrons. The van der Waals surface area contributed by atoms with Crippen LogP contribution in [0.15, 0.2) is 66.7 Å². The number of nitrogens with zero attached hydrogens (tertiary/aromatic N) is 3. The first-order valence-corrected chi connectivity index (χ1v) is 15.2. The minimum Gasteiger partial charge on any atom is -0.334 e. The number of hydrogen-bond acceptors (Lipinski definition) is 4. The van der Waals surface area contributed by atoms with E-state index >= 15 is 0 Å². The van der Waals surface area contributed by atoms with Gasteiger partial charge >= 0.3 is 12.4 Å². The van der Waals surface area contributed by atoms with Gasteiger partial charge in [0.2, 0.25) is 5.91 Å². The van der Waals surface area contributed by atoms with E-state index in [1.54, 1.807) is 0 Å². The maximum absolute atomic E-state index is 13.7. The molecule has 0 unspecified atom stereocenters. The van der Waals surface area contributed by atoms with Gasteiger partial charge in [-0.05, 0) is 61.6 Å². The van der Waals surface area contributed by atoms with Crippen LogP contribution in [0.1, 0.15) is 44.6 Å². The number of piperazine rings is 1. The average Bonchev–Trinajstić information content (AvgIpc) is 3.42. The molecule has 46 heavy (non-hydrogen) atoms. The number of alkyl halides is 6. The van der Waals surface area contributed by atoms with Gasteiger partial charge in [0.15, 0.2) is 0 Å². The smallest absolute Gasteiger partial charge is 0.334 e. The van der Waals surface area contributed by atoms with Crippen molar-refractivity contribution >= 4 is 17.5 Å². The second-order valence-corrected chi connectivity index (χ2v) is 12.1. The molecule has 0 saturated carbocycles. The lowest BCUT2D eigenvalue weighted by molar-refractivity contribution is -0.143. The molecule has 0 radical (unpaired) electrons. The fourth-order valence-corrected chi connectivity index (χ4v) is 6.41. The Hall–Kier alpha value is -3.90. The maximum Gasteiger partial charge on any atom is 0.416 e. The molecular weight excluding hydrogens is 610 g/mol. The Balaban J connectivity index is 1.30. The van der Waals surface area contributed by atoms with Gasteiger partial charge in [-0.3, -0.25) is 19.4 Å². The van der Waals surface area contributed by atoms with E-state index in [-0.39, 0.29) is 31.1 Å². The summed E-state index contributed by atoms with van der Waals surface area (Å²) < 4.78 is 81.4. The lowest BCUT2D eigenvalue weighted by Gasteiger charge is -2.37. The van der Waals surface area contributed by atoms with Crippen molar-refractivity contribution in [1.82, 2.24) is 14.7 Å². The van der Waals surface area contributed by atoms with Crippen LogP contribution in [0.4, 0.5) is 32.0 Å². The largest absolute Gasteiger partial charge is 0.416 e. The molecule has 2 saturated heterocycles. The van der Waals surface area contributed by atoms with Gasteiger partial charge in [0.25, 0.3) is 5.91 Å². The number of likely N-dealkylation sites (tertiary alicyclic amines) is 1. The first kappa shape index (κ1) is 33.5. The highest BCUT2D eigenvalue weighted by Crippen LogP contribution is 2.37. The van der Waals surface area contributed by atoms with E-state index in [0.717, 1.165) is 22.4 Å². The topological polar surface area (TPSA) is 55.9 Å². The second-order valence-electron chi connectivity index (χ2n) is 12.1. The number of aryl methyl sites for hydroxylation is 2. The number of carbonyl (C=O) groups is 2. The van der Waals surface area contributed by atoms with Crippen molar-refractivity contribution in [3.63, 3.8) is 0 Å². The van der Waals surface area contributed by atoms with Crippen LogP contribution >= 0.6 is 0 Å². The van der Waals surface area contributed by atoms with Crippen molar-refractivity contribution in [2.45, 2.75) is 51.1 Å². The molecular formula is C34H36F6N4O2. The van der Waals surface area contributed by atoms with Gasteiger partial charge in [-0.1, -0.05) is 48.5 Å². The molecule has 5 rings (SSSR count). The fraction of sp³-hybridized carbons (Fsp3) is 0.412. The summed E-state index contributed by atoms with van der Waals surface area (Å²) >= 11 is 0. The molecule has 3 aromatic carbocycles. The van der Waals surface area contributed by atoms with E-state index in [9.17, 15) is 35.9 Å². The summed E-state index contributed by atoms with van der Waals surface area (Å²) in [7, 11) is 0. The number of halogens is 6. The predicted octanol–water partition coefficient (Wildman–Crippen LogP) is 6.42. The summed E-state index contributed by atoms with van der Waals surface area (Å²) in [5.41, 5.74) is -0.00934. The van der Waals surface area contributed by atoms with Crippen molar-refractivity contribution in [3.05, 3.63) is 100 Å². The molecule has 0 aromatic heterocycles. The molecule has 6 nitrogen and oxygen atoms in total. The highest BCUT2D eigenvalue weighted by molar-refractivity contribution is 5.95. The summed E-state index contributed by atoms with van der Waals surface area (Å²) in [5, 5.41) is 3.00. The number of anilines is 1. The van der Waals surface area contributed by atoms with E-state index in [0.29, 0.717) is 51.2 Å². The summed E-state index contributed by atoms with van der Waals surface area (Å²) in [6, 6.07) is 15.6. The van der Waals surface area contributed by atoms with Gasteiger partial charge in [-0.2, -0.15) is 26.3 Å². The van der Waals surface area contributed by atoms with Crippen LogP contribution in [0.25, 0.3) is 0 Å². The Kier molecular flexibility index (Phi) is 9.78. The quantitative estimate of drug-likeness (QED) is 0.301. The number of benzene rings is 3. The van der Waals surface area contributed by atoms with Crippen molar-refractivity contribution in [2.75, 3.05) is 44.6 Å². The summed E-state index contributed by atoms with van der Waals surface area (Å²) in [6.45, 7) is 6.64. The zero-order chi connectivity index (χ0) is 33.2. The third-order valence-corrected chi connectivity index (χ3v) is 8.84. The lowest BCUT2D eigenvalue weighted by atomic mass is 10.0. The SMILES string of the molecule is Cc1cccc(C)c1NC(=O)CN1CCN([C@H]2C[C@@H](Cc3ccccc3)N(C(=O)c3cc(C(F)(F)F)cc(C(F)(F)F)c3)C2)CC1. The minimum atomic E-state index is -5.05. The van der Waals surface area contributed by atoms with Gasteiger partial charge in [0.1, 0.15) is 0 Å². The van der Waals surface area contributed by atoms with Crippen LogP contribution < -0.4 is 5.32 Å². The third-order valence-electron chi connectivity index (χ3n) is 8.84. The molecule has 0 bridgehead atoms. The lowest BCUT2D eigenvalue weighted by Crippen LogP contribution is -2.52. The summed E-state index contributed by atoms with van der Waals surface area (Å²) in [4.78, 5) is 32.2. The molecule has 2 amide bonds. The zero-order valence-corrected chi connectivity index (χ0v) is 25.6. The second kappa shape index (κ2) is 13.4. The van der Waals surface area contributed by atoms with Crippen LogP contribution in [-0.4, -0.2) is 77.9 Å². The van der Waals surface area contributed by atoms with Gasteiger partial charge in [0.05, 0.1) is 17.7 Å². The van der Waals surface area contributed by atoms with Crippen molar-refractivity contribution in [3.8, 4) is 0 Å². The molecule has 3 aromatic rings. The molecule has 2 aliphatic heterocycles. The standard InChI is InChI=1S/C34H36F6N4O2/c1-22-7-6-8-23(2)31(22)41-30(45)21-42-11-13-43(14-12-42)29-19-28(15-24-9-4-3-5-10-24)44(20-29)32(46)25-16-26(33(35,36)37)18-27(17-25)34(38,39)40/h3-10,16-18,28-29H,11-15,19-21H2,1-2H3,(H,41,45)/t28-,29+/m1/s1. The Labute approximate surface area is 264 Å². The molecule has 2 fully saturated rings. The Morgan fingerprint density at radius 1 is 0.804 bits per heavy atom. The minimum absolute atomic E-state index is 0.0347. The number of para-hydroxylation sites is 1.